The van der Waals surface area contributed by atoms with Crippen molar-refractivity contribution in [3.05, 3.63) is 71.8 Å². The minimum atomic E-state index is 1.06. The summed E-state index contributed by atoms with van der Waals surface area (Å²) in [5.41, 5.74) is 3.88. The summed E-state index contributed by atoms with van der Waals surface area (Å²) in [7, 11) is 0. The van der Waals surface area contributed by atoms with E-state index in [-0.39, 0.29) is 0 Å². The Hall–Kier alpha value is -1.56. The minimum absolute atomic E-state index is 1.06. The third-order valence-electron chi connectivity index (χ3n) is 2.37. The van der Waals surface area contributed by atoms with Crippen molar-refractivity contribution in [1.82, 2.24) is 0 Å². The number of rotatable bonds is 3. The maximum Gasteiger partial charge on any atom is -0.0242 e. The van der Waals surface area contributed by atoms with Crippen molar-refractivity contribution >= 4 is 0 Å². The summed E-state index contributed by atoms with van der Waals surface area (Å²) in [6, 6.07) is 16.8. The summed E-state index contributed by atoms with van der Waals surface area (Å²) in [5, 5.41) is 0. The molecule has 0 aliphatic carbocycles. The quantitative estimate of drug-likeness (QED) is 0.641. The molecule has 0 radical (unpaired) electrons. The molecule has 0 aromatic heterocycles. The molecule has 0 heteroatoms. The van der Waals surface area contributed by atoms with Crippen LogP contribution in [0.5, 0.6) is 0 Å². The van der Waals surface area contributed by atoms with Gasteiger partial charge in [0.2, 0.25) is 0 Å². The molecule has 0 unspecified atom stereocenters. The molecule has 0 aliphatic heterocycles. The smallest absolute Gasteiger partial charge is 0.0242 e. The first-order valence-electron chi connectivity index (χ1n) is 5.72. The first-order valence-corrected chi connectivity index (χ1v) is 5.72. The summed E-state index contributed by atoms with van der Waals surface area (Å²) >= 11 is 0. The molecule has 84 valence electrons. The molecule has 0 nitrogen and oxygen atoms in total. The molecular formula is C16H20. The molecule has 0 atom stereocenters. The van der Waals surface area contributed by atoms with E-state index < -0.39 is 0 Å². The lowest BCUT2D eigenvalue weighted by atomic mass is 10.1. The van der Waals surface area contributed by atoms with E-state index in [1.807, 2.05) is 12.1 Å². The highest BCUT2D eigenvalue weighted by Gasteiger charge is 1.91. The van der Waals surface area contributed by atoms with Crippen LogP contribution < -0.4 is 0 Å². The molecule has 0 heterocycles. The SMILES string of the molecule is C=C(C)CCc1cccccccc(C)c1. The van der Waals surface area contributed by atoms with Crippen LogP contribution in [-0.2, 0) is 6.42 Å². The van der Waals surface area contributed by atoms with E-state index in [0.29, 0.717) is 0 Å². The molecule has 0 amide bonds. The average molecular weight is 212 g/mol. The number of aryl methyl sites for hydroxylation is 2. The lowest BCUT2D eigenvalue weighted by Gasteiger charge is -1.99. The van der Waals surface area contributed by atoms with Gasteiger partial charge in [0.05, 0.1) is 0 Å². The fourth-order valence-corrected chi connectivity index (χ4v) is 1.48. The van der Waals surface area contributed by atoms with E-state index in [2.05, 4.69) is 56.8 Å². The van der Waals surface area contributed by atoms with E-state index in [0.717, 1.165) is 12.8 Å². The zero-order valence-electron chi connectivity index (χ0n) is 10.2. The van der Waals surface area contributed by atoms with Gasteiger partial charge in [-0.3, -0.25) is 0 Å². The Morgan fingerprint density at radius 2 is 1.69 bits per heavy atom. The van der Waals surface area contributed by atoms with Gasteiger partial charge in [-0.05, 0) is 32.3 Å². The van der Waals surface area contributed by atoms with Crippen LogP contribution in [-0.4, -0.2) is 0 Å². The Balaban J connectivity index is 2.99. The highest BCUT2D eigenvalue weighted by molar-refractivity contribution is 5.19. The fourth-order valence-electron chi connectivity index (χ4n) is 1.48. The second-order valence-electron chi connectivity index (χ2n) is 4.22. The molecule has 0 bridgehead atoms. The Bertz CT molecular complexity index is 401. The van der Waals surface area contributed by atoms with Crippen molar-refractivity contribution in [2.45, 2.75) is 26.7 Å². The lowest BCUT2D eigenvalue weighted by Crippen LogP contribution is -1.84. The van der Waals surface area contributed by atoms with E-state index in [9.17, 15) is 0 Å². The topological polar surface area (TPSA) is 0 Å². The Morgan fingerprint density at radius 1 is 1.06 bits per heavy atom. The Labute approximate surface area is 99.0 Å². The van der Waals surface area contributed by atoms with E-state index in [1.54, 1.807) is 0 Å². The molecule has 0 saturated carbocycles. The summed E-state index contributed by atoms with van der Waals surface area (Å²) in [6.45, 7) is 8.15. The van der Waals surface area contributed by atoms with Crippen LogP contribution in [0.2, 0.25) is 0 Å². The van der Waals surface area contributed by atoms with Crippen LogP contribution in [0.15, 0.2) is 60.7 Å². The van der Waals surface area contributed by atoms with E-state index >= 15 is 0 Å². The molecule has 16 heavy (non-hydrogen) atoms. The maximum absolute atomic E-state index is 3.94. The molecule has 0 spiro atoms. The summed E-state index contributed by atoms with van der Waals surface area (Å²) in [6.07, 6.45) is 2.12. The lowest BCUT2D eigenvalue weighted by molar-refractivity contribution is 0.946. The molecule has 0 N–H and O–H groups in total. The minimum Gasteiger partial charge on any atom is -0.100 e. The van der Waals surface area contributed by atoms with Crippen LogP contribution in [0.3, 0.4) is 0 Å². The van der Waals surface area contributed by atoms with Gasteiger partial charge in [-0.25, -0.2) is 0 Å². The van der Waals surface area contributed by atoms with Gasteiger partial charge < -0.3 is 0 Å². The average Bonchev–Trinajstić information content (AvgIpc) is 2.24. The second-order valence-corrected chi connectivity index (χ2v) is 4.22. The molecule has 1 aromatic carbocycles. The first kappa shape index (κ1) is 12.5. The normalized spacial score (nSPS) is 9.38. The number of allylic oxidation sites excluding steroid dienone is 1. The molecule has 0 saturated heterocycles. The van der Waals surface area contributed by atoms with Gasteiger partial charge in [-0.2, -0.15) is 0 Å². The Kier molecular flexibility index (Phi) is 5.35. The van der Waals surface area contributed by atoms with E-state index in [4.69, 9.17) is 0 Å². The van der Waals surface area contributed by atoms with Crippen LogP contribution in [0.4, 0.5) is 0 Å². The van der Waals surface area contributed by atoms with Gasteiger partial charge in [0, 0.05) is 0 Å². The highest BCUT2D eigenvalue weighted by Crippen LogP contribution is 2.07. The first-order chi connectivity index (χ1) is 7.68. The summed E-state index contributed by atoms with van der Waals surface area (Å²) in [4.78, 5) is 0. The Morgan fingerprint density at radius 3 is 2.38 bits per heavy atom. The predicted molar refractivity (Wildman–Crippen MR) is 71.9 cm³/mol. The number of hydrogen-bond acceptors (Lipinski definition) is 0. The van der Waals surface area contributed by atoms with Crippen LogP contribution in [0.25, 0.3) is 0 Å². The number of hydrogen-bond donors (Lipinski definition) is 0. The molecule has 0 fully saturated rings. The predicted octanol–water partition coefficient (Wildman–Crippen LogP) is 4.63. The van der Waals surface area contributed by atoms with E-state index in [1.165, 1.54) is 16.7 Å². The van der Waals surface area contributed by atoms with Crippen LogP contribution in [0.1, 0.15) is 24.5 Å². The van der Waals surface area contributed by atoms with Crippen molar-refractivity contribution in [2.24, 2.45) is 0 Å². The van der Waals surface area contributed by atoms with Gasteiger partial charge in [0.25, 0.3) is 0 Å². The fraction of sp³-hybridized carbons (Fsp3) is 0.250. The van der Waals surface area contributed by atoms with Crippen molar-refractivity contribution in [1.29, 1.82) is 0 Å². The monoisotopic (exact) mass is 212 g/mol. The van der Waals surface area contributed by atoms with Gasteiger partial charge in [-0.15, -0.1) is 6.58 Å². The van der Waals surface area contributed by atoms with Gasteiger partial charge >= 0.3 is 0 Å². The zero-order chi connectivity index (χ0) is 11.8. The van der Waals surface area contributed by atoms with Crippen molar-refractivity contribution < 1.29 is 0 Å². The molecular weight excluding hydrogens is 192 g/mol. The van der Waals surface area contributed by atoms with Crippen molar-refractivity contribution in [2.75, 3.05) is 0 Å². The van der Waals surface area contributed by atoms with Crippen molar-refractivity contribution in [3.63, 3.8) is 0 Å². The maximum atomic E-state index is 3.94. The zero-order valence-corrected chi connectivity index (χ0v) is 10.2. The summed E-state index contributed by atoms with van der Waals surface area (Å²) < 4.78 is 0. The van der Waals surface area contributed by atoms with Gasteiger partial charge in [-0.1, -0.05) is 59.7 Å². The molecule has 1 aromatic rings. The highest BCUT2D eigenvalue weighted by atomic mass is 14.0. The molecule has 0 aliphatic rings. The standard InChI is InChI=1S/C16H20/c1-14(2)11-12-16-10-8-6-4-5-7-9-15(3)13-16/h4-10,13H,1,11-12H2,2-3H3. The second kappa shape index (κ2) is 6.84. The van der Waals surface area contributed by atoms with Crippen molar-refractivity contribution in [3.8, 4) is 0 Å². The molecule has 1 rings (SSSR count). The third kappa shape index (κ3) is 5.35. The van der Waals surface area contributed by atoms with Gasteiger partial charge in [0.15, 0.2) is 0 Å². The summed E-state index contributed by atoms with van der Waals surface area (Å²) in [5.74, 6) is 0. The van der Waals surface area contributed by atoms with Crippen LogP contribution in [0, 0.1) is 6.92 Å². The van der Waals surface area contributed by atoms with Gasteiger partial charge in [0.1, 0.15) is 0 Å². The third-order valence-corrected chi connectivity index (χ3v) is 2.37. The largest absolute Gasteiger partial charge is 0.100 e. The van der Waals surface area contributed by atoms with Crippen LogP contribution >= 0.6 is 0 Å².